The first-order chi connectivity index (χ1) is 9.74. The number of benzene rings is 1. The first-order valence-electron chi connectivity index (χ1n) is 7.33. The van der Waals surface area contributed by atoms with Gasteiger partial charge < -0.3 is 15.8 Å². The summed E-state index contributed by atoms with van der Waals surface area (Å²) in [5.41, 5.74) is 7.51. The molecule has 1 fully saturated rings. The lowest BCUT2D eigenvalue weighted by Gasteiger charge is -2.31. The first-order valence-corrected chi connectivity index (χ1v) is 7.33. The van der Waals surface area contributed by atoms with Gasteiger partial charge in [0.15, 0.2) is 0 Å². The number of carbonyl (C=O) groups excluding carboxylic acids is 1. The average molecular weight is 276 g/mol. The summed E-state index contributed by atoms with van der Waals surface area (Å²) in [4.78, 5) is 12.3. The summed E-state index contributed by atoms with van der Waals surface area (Å²) in [6.45, 7) is 1.17. The van der Waals surface area contributed by atoms with Crippen LogP contribution in [0, 0.1) is 5.92 Å². The molecule has 0 heterocycles. The third-order valence-electron chi connectivity index (χ3n) is 4.03. The second kappa shape index (κ2) is 7.41. The molecule has 4 nitrogen and oxygen atoms in total. The van der Waals surface area contributed by atoms with E-state index in [0.717, 1.165) is 18.4 Å². The van der Waals surface area contributed by atoms with Crippen LogP contribution in [0.2, 0.25) is 0 Å². The van der Waals surface area contributed by atoms with Gasteiger partial charge in [-0.3, -0.25) is 4.79 Å². The molecule has 0 saturated heterocycles. The number of rotatable bonds is 5. The Kier molecular flexibility index (Phi) is 5.56. The van der Waals surface area contributed by atoms with Gasteiger partial charge in [0.2, 0.25) is 0 Å². The van der Waals surface area contributed by atoms with E-state index < -0.39 is 0 Å². The van der Waals surface area contributed by atoms with Crippen LogP contribution < -0.4 is 11.1 Å². The second-order valence-electron chi connectivity index (χ2n) is 5.49. The van der Waals surface area contributed by atoms with E-state index >= 15 is 0 Å². The van der Waals surface area contributed by atoms with E-state index in [-0.39, 0.29) is 11.9 Å². The first kappa shape index (κ1) is 15.0. The van der Waals surface area contributed by atoms with Crippen molar-refractivity contribution in [3.05, 3.63) is 35.4 Å². The van der Waals surface area contributed by atoms with Gasteiger partial charge in [0.25, 0.3) is 5.91 Å². The minimum Gasteiger partial charge on any atom is -0.380 e. The van der Waals surface area contributed by atoms with Gasteiger partial charge in [-0.2, -0.15) is 0 Å². The summed E-state index contributed by atoms with van der Waals surface area (Å²) < 4.78 is 5.10. The van der Waals surface area contributed by atoms with Crippen molar-refractivity contribution in [3.8, 4) is 0 Å². The molecular weight excluding hydrogens is 252 g/mol. The van der Waals surface area contributed by atoms with Gasteiger partial charge in [0, 0.05) is 18.7 Å². The SMILES string of the molecule is COCc1cccc(C(=O)NC2CCCCC2CN)c1. The maximum atomic E-state index is 12.3. The number of hydrogen-bond donors (Lipinski definition) is 2. The molecule has 2 unspecified atom stereocenters. The molecule has 1 saturated carbocycles. The highest BCUT2D eigenvalue weighted by atomic mass is 16.5. The third-order valence-corrected chi connectivity index (χ3v) is 4.03. The van der Waals surface area contributed by atoms with E-state index in [1.807, 2.05) is 24.3 Å². The molecule has 2 rings (SSSR count). The van der Waals surface area contributed by atoms with Gasteiger partial charge in [-0.15, -0.1) is 0 Å². The molecular formula is C16H24N2O2. The van der Waals surface area contributed by atoms with Crippen LogP contribution >= 0.6 is 0 Å². The van der Waals surface area contributed by atoms with Crippen molar-refractivity contribution in [1.82, 2.24) is 5.32 Å². The zero-order valence-corrected chi connectivity index (χ0v) is 12.1. The highest BCUT2D eigenvalue weighted by Crippen LogP contribution is 2.23. The van der Waals surface area contributed by atoms with Crippen LogP contribution in [0.3, 0.4) is 0 Å². The van der Waals surface area contributed by atoms with Crippen LogP contribution in [0.25, 0.3) is 0 Å². The maximum absolute atomic E-state index is 12.3. The highest BCUT2D eigenvalue weighted by Gasteiger charge is 2.25. The molecule has 0 bridgehead atoms. The molecule has 110 valence electrons. The lowest BCUT2D eigenvalue weighted by molar-refractivity contribution is 0.0907. The van der Waals surface area contributed by atoms with Gasteiger partial charge in [-0.05, 0) is 43.0 Å². The van der Waals surface area contributed by atoms with E-state index in [4.69, 9.17) is 10.5 Å². The number of amides is 1. The Balaban J connectivity index is 2.01. The number of hydrogen-bond acceptors (Lipinski definition) is 3. The smallest absolute Gasteiger partial charge is 0.251 e. The molecule has 1 aliphatic carbocycles. The van der Waals surface area contributed by atoms with Crippen molar-refractivity contribution in [3.63, 3.8) is 0 Å². The molecule has 20 heavy (non-hydrogen) atoms. The number of ether oxygens (including phenoxy) is 1. The topological polar surface area (TPSA) is 64.3 Å². The zero-order chi connectivity index (χ0) is 14.4. The van der Waals surface area contributed by atoms with Crippen LogP contribution in [0.15, 0.2) is 24.3 Å². The summed E-state index contributed by atoms with van der Waals surface area (Å²) in [5.74, 6) is 0.406. The van der Waals surface area contributed by atoms with Gasteiger partial charge in [-0.1, -0.05) is 25.0 Å². The van der Waals surface area contributed by atoms with Gasteiger partial charge >= 0.3 is 0 Å². The highest BCUT2D eigenvalue weighted by molar-refractivity contribution is 5.94. The van der Waals surface area contributed by atoms with Crippen LogP contribution in [0.1, 0.15) is 41.6 Å². The van der Waals surface area contributed by atoms with Gasteiger partial charge in [-0.25, -0.2) is 0 Å². The molecule has 1 aromatic rings. The van der Waals surface area contributed by atoms with E-state index in [2.05, 4.69) is 5.32 Å². The van der Waals surface area contributed by atoms with Crippen molar-refractivity contribution >= 4 is 5.91 Å². The molecule has 3 N–H and O–H groups in total. The second-order valence-corrected chi connectivity index (χ2v) is 5.49. The summed E-state index contributed by atoms with van der Waals surface area (Å²) in [5, 5.41) is 3.15. The molecule has 0 aromatic heterocycles. The molecule has 1 amide bonds. The molecule has 0 radical (unpaired) electrons. The zero-order valence-electron chi connectivity index (χ0n) is 12.1. The normalized spacial score (nSPS) is 22.5. The number of nitrogens with one attached hydrogen (secondary N) is 1. The molecule has 1 aliphatic rings. The fourth-order valence-electron chi connectivity index (χ4n) is 2.90. The Labute approximate surface area is 120 Å². The van der Waals surface area contributed by atoms with Crippen molar-refractivity contribution in [2.75, 3.05) is 13.7 Å². The van der Waals surface area contributed by atoms with Crippen molar-refractivity contribution in [2.24, 2.45) is 11.7 Å². The number of methoxy groups -OCH3 is 1. The summed E-state index contributed by atoms with van der Waals surface area (Å²) in [6.07, 6.45) is 4.54. The predicted octanol–water partition coefficient (Wildman–Crippen LogP) is 2.08. The monoisotopic (exact) mass is 276 g/mol. The lowest BCUT2D eigenvalue weighted by Crippen LogP contribution is -2.44. The fraction of sp³-hybridized carbons (Fsp3) is 0.562. The maximum Gasteiger partial charge on any atom is 0.251 e. The Hall–Kier alpha value is -1.39. The van der Waals surface area contributed by atoms with E-state index in [1.54, 1.807) is 7.11 Å². The molecule has 0 spiro atoms. The Morgan fingerprint density at radius 3 is 2.95 bits per heavy atom. The summed E-state index contributed by atoms with van der Waals surface area (Å²) in [7, 11) is 1.65. The van der Waals surface area contributed by atoms with Crippen molar-refractivity contribution in [2.45, 2.75) is 38.3 Å². The van der Waals surface area contributed by atoms with Crippen LogP contribution in [-0.2, 0) is 11.3 Å². The van der Waals surface area contributed by atoms with E-state index in [9.17, 15) is 4.79 Å². The Morgan fingerprint density at radius 2 is 2.20 bits per heavy atom. The Bertz CT molecular complexity index is 448. The van der Waals surface area contributed by atoms with Crippen LogP contribution in [0.5, 0.6) is 0 Å². The molecule has 2 atom stereocenters. The average Bonchev–Trinajstić information content (AvgIpc) is 2.48. The minimum atomic E-state index is -0.00620. The lowest BCUT2D eigenvalue weighted by atomic mass is 9.84. The van der Waals surface area contributed by atoms with Crippen molar-refractivity contribution < 1.29 is 9.53 Å². The quantitative estimate of drug-likeness (QED) is 0.865. The molecule has 0 aliphatic heterocycles. The van der Waals surface area contributed by atoms with Crippen LogP contribution in [0.4, 0.5) is 0 Å². The molecule has 4 heteroatoms. The third kappa shape index (κ3) is 3.81. The summed E-state index contributed by atoms with van der Waals surface area (Å²) >= 11 is 0. The Morgan fingerprint density at radius 1 is 1.40 bits per heavy atom. The van der Waals surface area contributed by atoms with Gasteiger partial charge in [0.1, 0.15) is 0 Å². The molecule has 1 aromatic carbocycles. The standard InChI is InChI=1S/C16H24N2O2/c1-20-11-12-5-4-7-13(9-12)16(19)18-15-8-3-2-6-14(15)10-17/h4-5,7,9,14-15H,2-3,6,8,10-11,17H2,1H3,(H,18,19). The van der Waals surface area contributed by atoms with E-state index in [0.29, 0.717) is 24.6 Å². The number of carbonyl (C=O) groups is 1. The largest absolute Gasteiger partial charge is 0.380 e. The van der Waals surface area contributed by atoms with E-state index in [1.165, 1.54) is 12.8 Å². The van der Waals surface area contributed by atoms with Gasteiger partial charge in [0.05, 0.1) is 6.61 Å². The van der Waals surface area contributed by atoms with Crippen LogP contribution in [-0.4, -0.2) is 25.6 Å². The predicted molar refractivity (Wildman–Crippen MR) is 79.4 cm³/mol. The fourth-order valence-corrected chi connectivity index (χ4v) is 2.90. The minimum absolute atomic E-state index is 0.00620. The van der Waals surface area contributed by atoms with Crippen molar-refractivity contribution in [1.29, 1.82) is 0 Å². The summed E-state index contributed by atoms with van der Waals surface area (Å²) in [6, 6.07) is 7.80. The number of nitrogens with two attached hydrogens (primary N) is 1.